The van der Waals surface area contributed by atoms with E-state index in [9.17, 15) is 19.5 Å². The van der Waals surface area contributed by atoms with Crippen molar-refractivity contribution in [1.82, 2.24) is 0 Å². The fraction of sp³-hybridized carbons (Fsp3) is 0.880. The number of carbonyl (C=O) groups excluding carboxylic acids is 2. The fourth-order valence-corrected chi connectivity index (χ4v) is 6.05. The SMILES string of the molecule is CCC(C)(CC(C)(CC(C)(C)C(C)=O)C(=O)O)C(=O)OC12CCC(C)(CC1)C2(C)C. The number of aliphatic carboxylic acids is 1. The fourth-order valence-electron chi connectivity index (χ4n) is 6.05. The molecule has 0 saturated heterocycles. The van der Waals surface area contributed by atoms with Crippen LogP contribution in [-0.2, 0) is 19.1 Å². The molecule has 0 aromatic carbocycles. The molecular formula is C25H42O5. The first-order valence-electron chi connectivity index (χ1n) is 11.4. The van der Waals surface area contributed by atoms with Gasteiger partial charge < -0.3 is 9.84 Å². The van der Waals surface area contributed by atoms with Crippen LogP contribution in [0.1, 0.15) is 107 Å². The molecule has 0 spiro atoms. The highest BCUT2D eigenvalue weighted by Crippen LogP contribution is 2.69. The molecule has 2 aliphatic carbocycles. The minimum absolute atomic E-state index is 0.0485. The molecule has 0 amide bonds. The zero-order chi connectivity index (χ0) is 23.4. The van der Waals surface area contributed by atoms with Gasteiger partial charge in [-0.15, -0.1) is 0 Å². The third kappa shape index (κ3) is 3.71. The van der Waals surface area contributed by atoms with E-state index in [-0.39, 0.29) is 35.4 Å². The number of rotatable bonds is 9. The van der Waals surface area contributed by atoms with Gasteiger partial charge in [0.2, 0.25) is 0 Å². The Bertz CT molecular complexity index is 726. The number of fused-ring (bicyclic) bond motifs is 2. The third-order valence-corrected chi connectivity index (χ3v) is 9.45. The summed E-state index contributed by atoms with van der Waals surface area (Å²) in [4.78, 5) is 37.9. The first-order chi connectivity index (χ1) is 13.4. The summed E-state index contributed by atoms with van der Waals surface area (Å²) >= 11 is 0. The van der Waals surface area contributed by atoms with Crippen LogP contribution in [0.2, 0.25) is 0 Å². The van der Waals surface area contributed by atoms with Gasteiger partial charge in [-0.3, -0.25) is 14.4 Å². The quantitative estimate of drug-likeness (QED) is 0.476. The Hall–Kier alpha value is -1.39. The average molecular weight is 423 g/mol. The molecule has 0 radical (unpaired) electrons. The Morgan fingerprint density at radius 3 is 1.73 bits per heavy atom. The summed E-state index contributed by atoms with van der Waals surface area (Å²) < 4.78 is 6.33. The van der Waals surface area contributed by atoms with E-state index < -0.39 is 27.8 Å². The normalized spacial score (nSPS) is 31.6. The van der Waals surface area contributed by atoms with Gasteiger partial charge in [0.05, 0.1) is 10.8 Å². The molecule has 2 rings (SSSR count). The summed E-state index contributed by atoms with van der Waals surface area (Å²) in [5.74, 6) is -1.32. The minimum atomic E-state index is -1.20. The Labute approximate surface area is 182 Å². The van der Waals surface area contributed by atoms with E-state index in [0.717, 1.165) is 25.7 Å². The van der Waals surface area contributed by atoms with Crippen molar-refractivity contribution in [3.05, 3.63) is 0 Å². The van der Waals surface area contributed by atoms with Gasteiger partial charge in [-0.25, -0.2) is 0 Å². The second-order valence-corrected chi connectivity index (χ2v) is 12.1. The predicted molar refractivity (Wildman–Crippen MR) is 117 cm³/mol. The van der Waals surface area contributed by atoms with Gasteiger partial charge in [-0.1, -0.05) is 41.5 Å². The summed E-state index contributed by atoms with van der Waals surface area (Å²) in [5.41, 5.74) is -3.29. The summed E-state index contributed by atoms with van der Waals surface area (Å²) in [6.45, 7) is 17.1. The van der Waals surface area contributed by atoms with Gasteiger partial charge in [0, 0.05) is 10.8 Å². The minimum Gasteiger partial charge on any atom is -0.481 e. The number of hydrogen-bond acceptors (Lipinski definition) is 4. The van der Waals surface area contributed by atoms with Crippen LogP contribution in [0.25, 0.3) is 0 Å². The first-order valence-corrected chi connectivity index (χ1v) is 11.4. The van der Waals surface area contributed by atoms with Crippen LogP contribution in [0.4, 0.5) is 0 Å². The molecule has 1 N–H and O–H groups in total. The molecule has 172 valence electrons. The van der Waals surface area contributed by atoms with Crippen LogP contribution in [0.15, 0.2) is 0 Å². The molecule has 30 heavy (non-hydrogen) atoms. The summed E-state index contributed by atoms with van der Waals surface area (Å²) in [6.07, 6.45) is 4.66. The lowest BCUT2D eigenvalue weighted by molar-refractivity contribution is -0.184. The summed E-state index contributed by atoms with van der Waals surface area (Å²) in [7, 11) is 0. The molecule has 0 heterocycles. The van der Waals surface area contributed by atoms with Crippen molar-refractivity contribution in [3.8, 4) is 0 Å². The standard InChI is InChI=1S/C25H42O5/c1-10-22(7,16-23(8,18(27)28)15-20(3,4)17(2)26)19(29)30-25-13-11-24(9,12-14-25)21(25,5)6/h10-16H2,1-9H3,(H,27,28). The second kappa shape index (κ2) is 7.34. The van der Waals surface area contributed by atoms with Crippen molar-refractivity contribution >= 4 is 17.7 Å². The molecule has 2 saturated carbocycles. The monoisotopic (exact) mass is 422 g/mol. The van der Waals surface area contributed by atoms with Crippen LogP contribution in [-0.4, -0.2) is 28.4 Å². The van der Waals surface area contributed by atoms with E-state index in [1.54, 1.807) is 20.8 Å². The van der Waals surface area contributed by atoms with E-state index in [2.05, 4.69) is 20.8 Å². The zero-order valence-electron chi connectivity index (χ0n) is 20.5. The van der Waals surface area contributed by atoms with Crippen molar-refractivity contribution in [2.75, 3.05) is 0 Å². The van der Waals surface area contributed by atoms with Gasteiger partial charge in [-0.2, -0.15) is 0 Å². The average Bonchev–Trinajstić information content (AvgIpc) is 2.92. The largest absolute Gasteiger partial charge is 0.481 e. The van der Waals surface area contributed by atoms with Crippen molar-refractivity contribution < 1.29 is 24.2 Å². The maximum absolute atomic E-state index is 13.5. The molecule has 2 bridgehead atoms. The van der Waals surface area contributed by atoms with Crippen molar-refractivity contribution in [2.24, 2.45) is 27.1 Å². The molecule has 5 heteroatoms. The van der Waals surface area contributed by atoms with Gasteiger partial charge in [0.1, 0.15) is 11.4 Å². The van der Waals surface area contributed by atoms with Gasteiger partial charge >= 0.3 is 11.9 Å². The summed E-state index contributed by atoms with van der Waals surface area (Å²) in [5, 5.41) is 10.1. The van der Waals surface area contributed by atoms with E-state index in [1.165, 1.54) is 6.92 Å². The number of ether oxygens (including phenoxy) is 1. The van der Waals surface area contributed by atoms with Gasteiger partial charge in [0.25, 0.3) is 0 Å². The Kier molecular flexibility index (Phi) is 6.09. The van der Waals surface area contributed by atoms with E-state index in [4.69, 9.17) is 4.74 Å². The maximum Gasteiger partial charge on any atom is 0.312 e. The Morgan fingerprint density at radius 2 is 1.40 bits per heavy atom. The van der Waals surface area contributed by atoms with Crippen LogP contribution < -0.4 is 0 Å². The predicted octanol–water partition coefficient (Wildman–Crippen LogP) is 5.79. The number of hydrogen-bond donors (Lipinski definition) is 1. The van der Waals surface area contributed by atoms with Crippen LogP contribution in [0.5, 0.6) is 0 Å². The molecule has 2 fully saturated rings. The highest BCUT2D eigenvalue weighted by Gasteiger charge is 2.68. The maximum atomic E-state index is 13.5. The highest BCUT2D eigenvalue weighted by atomic mass is 16.6. The van der Waals surface area contributed by atoms with E-state index in [1.807, 2.05) is 13.8 Å². The molecule has 2 aliphatic rings. The number of carboxylic acid groups (broad SMARTS) is 1. The third-order valence-electron chi connectivity index (χ3n) is 9.45. The molecule has 2 unspecified atom stereocenters. The van der Waals surface area contributed by atoms with Crippen LogP contribution in [0.3, 0.4) is 0 Å². The zero-order valence-corrected chi connectivity index (χ0v) is 20.5. The smallest absolute Gasteiger partial charge is 0.312 e. The molecule has 5 nitrogen and oxygen atoms in total. The number of carbonyl (C=O) groups is 3. The lowest BCUT2D eigenvalue weighted by Gasteiger charge is -2.44. The van der Waals surface area contributed by atoms with Gasteiger partial charge in [0.15, 0.2) is 0 Å². The highest BCUT2D eigenvalue weighted by molar-refractivity contribution is 5.84. The molecular weight excluding hydrogens is 380 g/mol. The molecule has 2 atom stereocenters. The summed E-state index contributed by atoms with van der Waals surface area (Å²) in [6, 6.07) is 0. The lowest BCUT2D eigenvalue weighted by atomic mass is 9.64. The lowest BCUT2D eigenvalue weighted by Crippen LogP contribution is -2.48. The second-order valence-electron chi connectivity index (χ2n) is 12.1. The van der Waals surface area contributed by atoms with Crippen molar-refractivity contribution in [2.45, 2.75) is 113 Å². The van der Waals surface area contributed by atoms with Crippen molar-refractivity contribution in [1.29, 1.82) is 0 Å². The number of ketones is 1. The van der Waals surface area contributed by atoms with E-state index in [0.29, 0.717) is 6.42 Å². The van der Waals surface area contributed by atoms with Gasteiger partial charge in [-0.05, 0) is 71.1 Å². The topological polar surface area (TPSA) is 80.7 Å². The van der Waals surface area contributed by atoms with Crippen molar-refractivity contribution in [3.63, 3.8) is 0 Å². The van der Waals surface area contributed by atoms with Crippen LogP contribution >= 0.6 is 0 Å². The van der Waals surface area contributed by atoms with Crippen LogP contribution in [0, 0.1) is 27.1 Å². The Morgan fingerprint density at radius 1 is 0.900 bits per heavy atom. The van der Waals surface area contributed by atoms with E-state index >= 15 is 0 Å². The number of carboxylic acids is 1. The Balaban J connectivity index is 2.30. The first kappa shape index (κ1) is 24.9. The molecule has 0 aromatic heterocycles. The molecule has 0 aliphatic heterocycles. The molecule has 0 aromatic rings. The number of Topliss-reactive ketones (excluding diaryl/α,β-unsaturated/α-hetero) is 1. The number of esters is 1.